The molecule has 104 valence electrons. The highest BCUT2D eigenvalue weighted by Gasteiger charge is 2.36. The zero-order valence-corrected chi connectivity index (χ0v) is 12.7. The fourth-order valence-corrected chi connectivity index (χ4v) is 2.60. The predicted molar refractivity (Wildman–Crippen MR) is 78.8 cm³/mol. The number of halogens is 2. The van der Waals surface area contributed by atoms with Gasteiger partial charge in [-0.25, -0.2) is 9.07 Å². The van der Waals surface area contributed by atoms with Crippen molar-refractivity contribution in [1.29, 1.82) is 0 Å². The molecule has 2 heterocycles. The molecule has 0 saturated carbocycles. The van der Waals surface area contributed by atoms with Gasteiger partial charge in [-0.05, 0) is 53.8 Å². The van der Waals surface area contributed by atoms with Gasteiger partial charge in [0.05, 0.1) is 5.69 Å². The van der Waals surface area contributed by atoms with E-state index in [4.69, 9.17) is 10.5 Å². The Bertz CT molecular complexity index is 712. The molecular formula is C13H11FIN3O2. The van der Waals surface area contributed by atoms with Gasteiger partial charge in [-0.15, -0.1) is 0 Å². The van der Waals surface area contributed by atoms with Gasteiger partial charge in [0.2, 0.25) is 0 Å². The normalized spacial score (nSPS) is 20.6. The molecule has 7 heteroatoms. The fourth-order valence-electron chi connectivity index (χ4n) is 2.12. The van der Waals surface area contributed by atoms with Crippen LogP contribution in [0.4, 0.5) is 4.39 Å². The lowest BCUT2D eigenvalue weighted by Gasteiger charge is -2.17. The third-order valence-electron chi connectivity index (χ3n) is 3.14. The summed E-state index contributed by atoms with van der Waals surface area (Å²) in [6, 6.07) is 6.81. The van der Waals surface area contributed by atoms with Gasteiger partial charge >= 0.3 is 0 Å². The third-order valence-corrected chi connectivity index (χ3v) is 3.81. The van der Waals surface area contributed by atoms with Crippen molar-refractivity contribution in [2.75, 3.05) is 6.61 Å². The van der Waals surface area contributed by atoms with Crippen molar-refractivity contribution in [3.05, 3.63) is 39.2 Å². The van der Waals surface area contributed by atoms with Crippen LogP contribution in [0.2, 0.25) is 0 Å². The topological polar surface area (TPSA) is 70.1 Å². The highest BCUT2D eigenvalue weighted by atomic mass is 127. The van der Waals surface area contributed by atoms with Crippen LogP contribution >= 0.6 is 22.6 Å². The molecule has 5 nitrogen and oxygen atoms in total. The number of amides is 1. The second kappa shape index (κ2) is 4.44. The molecule has 20 heavy (non-hydrogen) atoms. The Hall–Kier alpha value is -1.64. The molecule has 1 aliphatic rings. The van der Waals surface area contributed by atoms with Crippen LogP contribution < -0.4 is 10.5 Å². The van der Waals surface area contributed by atoms with E-state index in [-0.39, 0.29) is 18.0 Å². The lowest BCUT2D eigenvalue weighted by Crippen LogP contribution is -2.25. The van der Waals surface area contributed by atoms with Crippen LogP contribution in [0.3, 0.4) is 0 Å². The summed E-state index contributed by atoms with van der Waals surface area (Å²) in [5.74, 6) is -0.165. The zero-order valence-electron chi connectivity index (χ0n) is 10.6. The first-order chi connectivity index (χ1) is 9.38. The fraction of sp³-hybridized carbons (Fsp3) is 0.231. The summed E-state index contributed by atoms with van der Waals surface area (Å²) in [6.07, 6.45) is 0. The standard InChI is InChI=1S/C13H11FIN3O2/c1-13(14)6-20-10-3-2-7(15)4-9(10)18-11(13)5-8(17-18)12(16)19/h2-5H,6H2,1H3,(H2,16,19). The van der Waals surface area contributed by atoms with Crippen molar-refractivity contribution in [3.63, 3.8) is 0 Å². The number of aromatic nitrogens is 2. The van der Waals surface area contributed by atoms with Crippen molar-refractivity contribution in [2.24, 2.45) is 5.73 Å². The smallest absolute Gasteiger partial charge is 0.269 e. The summed E-state index contributed by atoms with van der Waals surface area (Å²) in [5, 5.41) is 4.11. The molecule has 1 atom stereocenters. The number of primary amides is 1. The van der Waals surface area contributed by atoms with Gasteiger partial charge in [-0.2, -0.15) is 5.10 Å². The van der Waals surface area contributed by atoms with Crippen molar-refractivity contribution in [1.82, 2.24) is 9.78 Å². The van der Waals surface area contributed by atoms with Gasteiger partial charge in [-0.3, -0.25) is 4.79 Å². The molecule has 2 aromatic rings. The molecule has 2 N–H and O–H groups in total. The lowest BCUT2D eigenvalue weighted by atomic mass is 10.1. The van der Waals surface area contributed by atoms with E-state index in [1.165, 1.54) is 17.7 Å². The number of nitrogens with two attached hydrogens (primary N) is 1. The maximum absolute atomic E-state index is 14.7. The Balaban J connectivity index is 2.30. The van der Waals surface area contributed by atoms with Crippen LogP contribution in [0.15, 0.2) is 24.3 Å². The molecule has 1 aromatic heterocycles. The summed E-state index contributed by atoms with van der Waals surface area (Å²) in [6.45, 7) is 1.24. The predicted octanol–water partition coefficient (Wildman–Crippen LogP) is 2.15. The minimum absolute atomic E-state index is 0.0376. The van der Waals surface area contributed by atoms with E-state index < -0.39 is 11.6 Å². The zero-order chi connectivity index (χ0) is 14.5. The average molecular weight is 387 g/mol. The number of hydrogen-bond acceptors (Lipinski definition) is 3. The van der Waals surface area contributed by atoms with Gasteiger partial charge < -0.3 is 10.5 Å². The highest BCUT2D eigenvalue weighted by Crippen LogP contribution is 2.36. The average Bonchev–Trinajstić information content (AvgIpc) is 2.79. The first-order valence-corrected chi connectivity index (χ1v) is 6.98. The Morgan fingerprint density at radius 1 is 1.55 bits per heavy atom. The summed E-state index contributed by atoms with van der Waals surface area (Å²) < 4.78 is 22.6. The van der Waals surface area contributed by atoms with Gasteiger partial charge in [-0.1, -0.05) is 0 Å². The Morgan fingerprint density at radius 3 is 3.00 bits per heavy atom. The van der Waals surface area contributed by atoms with E-state index in [0.717, 1.165) is 3.57 Å². The molecule has 0 saturated heterocycles. The van der Waals surface area contributed by atoms with Crippen LogP contribution in [0, 0.1) is 3.57 Å². The van der Waals surface area contributed by atoms with E-state index in [0.29, 0.717) is 11.4 Å². The van der Waals surface area contributed by atoms with Gasteiger partial charge in [0, 0.05) is 3.57 Å². The molecule has 0 fully saturated rings. The largest absolute Gasteiger partial charge is 0.488 e. The van der Waals surface area contributed by atoms with E-state index in [1.54, 1.807) is 6.07 Å². The maximum atomic E-state index is 14.7. The van der Waals surface area contributed by atoms with E-state index in [1.807, 2.05) is 12.1 Å². The second-order valence-corrected chi connectivity index (χ2v) is 6.03. The molecule has 1 unspecified atom stereocenters. The molecule has 0 spiro atoms. The van der Waals surface area contributed by atoms with Gasteiger partial charge in [0.15, 0.2) is 11.4 Å². The molecule has 0 aliphatic carbocycles. The van der Waals surface area contributed by atoms with Crippen molar-refractivity contribution in [2.45, 2.75) is 12.6 Å². The highest BCUT2D eigenvalue weighted by molar-refractivity contribution is 14.1. The summed E-state index contributed by atoms with van der Waals surface area (Å²) in [7, 11) is 0. The summed E-state index contributed by atoms with van der Waals surface area (Å²) in [5.41, 5.74) is 4.37. The third kappa shape index (κ3) is 2.05. The maximum Gasteiger partial charge on any atom is 0.269 e. The number of carbonyl (C=O) groups excluding carboxylic acids is 1. The van der Waals surface area contributed by atoms with Crippen LogP contribution in [0.25, 0.3) is 5.69 Å². The van der Waals surface area contributed by atoms with E-state index >= 15 is 0 Å². The molecular weight excluding hydrogens is 376 g/mol. The number of rotatable bonds is 1. The second-order valence-electron chi connectivity index (χ2n) is 4.79. The number of ether oxygens (including phenoxy) is 1. The van der Waals surface area contributed by atoms with Crippen molar-refractivity contribution < 1.29 is 13.9 Å². The molecule has 1 aliphatic heterocycles. The Labute approximate surface area is 128 Å². The summed E-state index contributed by atoms with van der Waals surface area (Å²) >= 11 is 2.14. The molecule has 1 aromatic carbocycles. The monoisotopic (exact) mass is 387 g/mol. The van der Waals surface area contributed by atoms with Crippen LogP contribution in [-0.4, -0.2) is 22.3 Å². The SMILES string of the molecule is CC1(F)COc2ccc(I)cc2-n2nc(C(N)=O)cc21. The number of hydrogen-bond donors (Lipinski definition) is 1. The van der Waals surface area contributed by atoms with Crippen LogP contribution in [-0.2, 0) is 5.67 Å². The number of carbonyl (C=O) groups is 1. The van der Waals surface area contributed by atoms with Gasteiger partial charge in [0.25, 0.3) is 5.91 Å². The number of benzene rings is 1. The molecule has 0 radical (unpaired) electrons. The molecule has 3 rings (SSSR count). The lowest BCUT2D eigenvalue weighted by molar-refractivity contribution is 0.0993. The minimum Gasteiger partial charge on any atom is -0.488 e. The number of alkyl halides is 1. The first-order valence-electron chi connectivity index (χ1n) is 5.90. The number of fused-ring (bicyclic) bond motifs is 3. The van der Waals surface area contributed by atoms with Crippen LogP contribution in [0.1, 0.15) is 23.1 Å². The quantitative estimate of drug-likeness (QED) is 0.763. The summed E-state index contributed by atoms with van der Waals surface area (Å²) in [4.78, 5) is 11.3. The Kier molecular flexibility index (Phi) is 2.96. The molecule has 0 bridgehead atoms. The van der Waals surface area contributed by atoms with E-state index in [9.17, 15) is 9.18 Å². The first kappa shape index (κ1) is 13.3. The number of nitrogens with zero attached hydrogens (tertiary/aromatic N) is 2. The Morgan fingerprint density at radius 2 is 2.30 bits per heavy atom. The van der Waals surface area contributed by atoms with E-state index in [2.05, 4.69) is 27.7 Å². The van der Waals surface area contributed by atoms with Crippen molar-refractivity contribution in [3.8, 4) is 11.4 Å². The van der Waals surface area contributed by atoms with Gasteiger partial charge in [0.1, 0.15) is 18.0 Å². The molecule has 1 amide bonds. The minimum atomic E-state index is -1.76. The van der Waals surface area contributed by atoms with Crippen molar-refractivity contribution >= 4 is 28.5 Å². The van der Waals surface area contributed by atoms with Crippen LogP contribution in [0.5, 0.6) is 5.75 Å².